The summed E-state index contributed by atoms with van der Waals surface area (Å²) in [6.45, 7) is 26.6. The normalized spacial score (nSPS) is 15.4. The smallest absolute Gasteiger partial charge is 0.410 e. The number of nitrogens with zero attached hydrogens (tertiary/aromatic N) is 5. The number of aromatic nitrogens is 5. The SMILES string of the molecule is CN(C)C(=O)OC(C)(C(=O)N[C@H](c1nc2ccc(-c3ccc(-c4ccc5nc([C@@H](NC(=O)[C@](C)(OC(=O)N(C)C)C(C)(C)C)C(C)(C)C)[nH]c5c4)cn3)cc2[nH]1)C(C)(C)C)C(C)(C)C. The number of hydrogen-bond donors (Lipinski definition) is 4. The fraction of sp³-hybridized carbons (Fsp3) is 0.531. The highest BCUT2D eigenvalue weighted by Gasteiger charge is 2.51. The summed E-state index contributed by atoms with van der Waals surface area (Å²) in [5, 5.41) is 6.33. The van der Waals surface area contributed by atoms with Gasteiger partial charge in [0.25, 0.3) is 11.8 Å². The summed E-state index contributed by atoms with van der Waals surface area (Å²) < 4.78 is 11.7. The maximum absolute atomic E-state index is 14.1. The van der Waals surface area contributed by atoms with Crippen LogP contribution < -0.4 is 10.6 Å². The van der Waals surface area contributed by atoms with Gasteiger partial charge in [-0.05, 0) is 60.6 Å². The minimum atomic E-state index is -1.47. The lowest BCUT2D eigenvalue weighted by Gasteiger charge is -2.42. The topological polar surface area (TPSA) is 188 Å². The molecule has 0 bridgehead atoms. The van der Waals surface area contributed by atoms with E-state index in [1.54, 1.807) is 42.0 Å². The van der Waals surface area contributed by atoms with Crippen LogP contribution in [0.5, 0.6) is 0 Å². The molecule has 4 amide bonds. The summed E-state index contributed by atoms with van der Waals surface area (Å²) in [6.07, 6.45) is 0.623. The van der Waals surface area contributed by atoms with E-state index >= 15 is 0 Å². The van der Waals surface area contributed by atoms with Gasteiger partial charge in [-0.1, -0.05) is 101 Å². The van der Waals surface area contributed by atoms with Crippen LogP contribution in [0.4, 0.5) is 9.59 Å². The van der Waals surface area contributed by atoms with Crippen molar-refractivity contribution in [1.29, 1.82) is 0 Å². The maximum Gasteiger partial charge on any atom is 0.410 e. The van der Waals surface area contributed by atoms with E-state index in [0.29, 0.717) is 11.6 Å². The van der Waals surface area contributed by atoms with E-state index in [0.717, 1.165) is 44.5 Å². The number of carbonyl (C=O) groups excluding carboxylic acids is 4. The lowest BCUT2D eigenvalue weighted by molar-refractivity contribution is -0.153. The van der Waals surface area contributed by atoms with Gasteiger partial charge in [0, 0.05) is 56.3 Å². The van der Waals surface area contributed by atoms with Crippen LogP contribution in [0.1, 0.15) is 121 Å². The number of carbonyl (C=O) groups is 4. The minimum absolute atomic E-state index is 0.419. The molecule has 64 heavy (non-hydrogen) atoms. The van der Waals surface area contributed by atoms with Gasteiger partial charge in [0.05, 0.1) is 39.8 Å². The molecule has 0 aliphatic heterocycles. The summed E-state index contributed by atoms with van der Waals surface area (Å²) in [7, 11) is 6.33. The van der Waals surface area contributed by atoms with E-state index in [1.165, 1.54) is 9.80 Å². The van der Waals surface area contributed by atoms with Crippen molar-refractivity contribution in [1.82, 2.24) is 45.4 Å². The van der Waals surface area contributed by atoms with Gasteiger partial charge in [0.15, 0.2) is 11.2 Å². The van der Waals surface area contributed by atoms with Crippen molar-refractivity contribution < 1.29 is 28.7 Å². The van der Waals surface area contributed by atoms with Crippen LogP contribution in [0.3, 0.4) is 0 Å². The van der Waals surface area contributed by atoms with Gasteiger partial charge in [-0.3, -0.25) is 14.6 Å². The lowest BCUT2D eigenvalue weighted by Crippen LogP contribution is -2.58. The number of hydrogen-bond acceptors (Lipinski definition) is 9. The average molecular weight is 880 g/mol. The molecule has 346 valence electrons. The molecule has 0 spiro atoms. The first-order valence-corrected chi connectivity index (χ1v) is 21.7. The number of fused-ring (bicyclic) bond motifs is 2. The molecular weight excluding hydrogens is 811 g/mol. The number of imidazole rings is 2. The van der Waals surface area contributed by atoms with Crippen molar-refractivity contribution in [2.75, 3.05) is 28.2 Å². The van der Waals surface area contributed by atoms with Crippen LogP contribution in [0.25, 0.3) is 44.5 Å². The molecule has 0 saturated carbocycles. The van der Waals surface area contributed by atoms with Gasteiger partial charge in [-0.25, -0.2) is 19.6 Å². The third-order valence-corrected chi connectivity index (χ3v) is 12.3. The molecule has 3 heterocycles. The zero-order valence-electron chi connectivity index (χ0n) is 41.0. The van der Waals surface area contributed by atoms with Gasteiger partial charge in [-0.15, -0.1) is 0 Å². The summed E-state index contributed by atoms with van der Waals surface area (Å²) in [6, 6.07) is 14.7. The Balaban J connectivity index is 1.39. The Bertz CT molecular complexity index is 2350. The minimum Gasteiger partial charge on any atom is -0.432 e. The number of rotatable bonds is 10. The van der Waals surface area contributed by atoms with Gasteiger partial charge < -0.3 is 39.9 Å². The molecule has 4 atom stereocenters. The fourth-order valence-electron chi connectivity index (χ4n) is 6.95. The molecule has 3 aromatic heterocycles. The molecule has 15 heteroatoms. The number of benzene rings is 2. The molecule has 0 saturated heterocycles. The maximum atomic E-state index is 14.1. The predicted molar refractivity (Wildman–Crippen MR) is 251 cm³/mol. The van der Waals surface area contributed by atoms with Crippen molar-refractivity contribution in [3.05, 3.63) is 66.4 Å². The van der Waals surface area contributed by atoms with E-state index < -0.39 is 68.9 Å². The fourth-order valence-corrected chi connectivity index (χ4v) is 6.95. The van der Waals surface area contributed by atoms with Crippen molar-refractivity contribution in [3.63, 3.8) is 0 Å². The molecule has 5 rings (SSSR count). The second-order valence-electron chi connectivity index (χ2n) is 21.8. The van der Waals surface area contributed by atoms with Gasteiger partial charge in [-0.2, -0.15) is 0 Å². The van der Waals surface area contributed by atoms with Gasteiger partial charge in [0.2, 0.25) is 0 Å². The number of H-pyrrole nitrogens is 2. The summed E-state index contributed by atoms with van der Waals surface area (Å²) >= 11 is 0. The molecule has 0 radical (unpaired) electrons. The zero-order chi connectivity index (χ0) is 48.1. The second-order valence-corrected chi connectivity index (χ2v) is 21.8. The average Bonchev–Trinajstić information content (AvgIpc) is 3.80. The Morgan fingerprint density at radius 3 is 1.27 bits per heavy atom. The quantitative estimate of drug-likeness (QED) is 0.106. The largest absolute Gasteiger partial charge is 0.432 e. The van der Waals surface area contributed by atoms with E-state index in [9.17, 15) is 19.2 Å². The number of aromatic amines is 2. The van der Waals surface area contributed by atoms with Crippen molar-refractivity contribution in [2.45, 2.75) is 120 Å². The van der Waals surface area contributed by atoms with Crippen LogP contribution in [0.2, 0.25) is 0 Å². The van der Waals surface area contributed by atoms with Crippen LogP contribution in [0, 0.1) is 21.7 Å². The monoisotopic (exact) mass is 880 g/mol. The summed E-state index contributed by atoms with van der Waals surface area (Å²) in [5.41, 5.74) is 1.21. The van der Waals surface area contributed by atoms with Crippen molar-refractivity contribution in [2.24, 2.45) is 21.7 Å². The van der Waals surface area contributed by atoms with Gasteiger partial charge >= 0.3 is 12.2 Å². The second kappa shape index (κ2) is 17.2. The molecule has 1 unspecified atom stereocenters. The lowest BCUT2D eigenvalue weighted by atomic mass is 9.76. The first-order valence-electron chi connectivity index (χ1n) is 21.7. The number of amides is 4. The van der Waals surface area contributed by atoms with E-state index in [4.69, 9.17) is 24.4 Å². The Labute approximate surface area is 377 Å². The highest BCUT2D eigenvalue weighted by atomic mass is 16.6. The Kier molecular flexibility index (Phi) is 13.2. The summed E-state index contributed by atoms with van der Waals surface area (Å²) in [5.74, 6) is 0.321. The highest BCUT2D eigenvalue weighted by molar-refractivity contribution is 5.90. The van der Waals surface area contributed by atoms with Crippen LogP contribution in [-0.4, -0.2) is 98.1 Å². The van der Waals surface area contributed by atoms with Crippen molar-refractivity contribution >= 4 is 46.1 Å². The molecule has 4 N–H and O–H groups in total. The number of nitrogens with one attached hydrogen (secondary N) is 4. The Hall–Kier alpha value is -5.99. The Morgan fingerprint density at radius 1 is 0.547 bits per heavy atom. The molecule has 2 aromatic carbocycles. The summed E-state index contributed by atoms with van der Waals surface area (Å²) in [4.78, 5) is 77.7. The van der Waals surface area contributed by atoms with Gasteiger partial charge in [0.1, 0.15) is 11.6 Å². The molecule has 5 aromatic rings. The standard InChI is InChI=1S/C49H69N9O6/c1-44(2,3)36(55-40(59)48(13,46(7,8)9)63-42(61)57(15)16)38-51-32-23-19-28(25-34(32)53-38)30-21-22-31(50-27-30)29-20-24-33-35(26-29)54-39(52-33)37(45(4,5)6)56-41(60)49(14,47(10,11)12)64-43(62)58(17)18/h19-27,36-37H,1-18H3,(H,51,53)(H,52,54)(H,55,59)(H,56,60)/t36-,37-,48+,49?/m1/s1. The Morgan fingerprint density at radius 2 is 0.922 bits per heavy atom. The number of ether oxygens (including phenoxy) is 2. The molecule has 15 nitrogen and oxygen atoms in total. The molecule has 0 aliphatic carbocycles. The van der Waals surface area contributed by atoms with E-state index in [2.05, 4.69) is 20.6 Å². The van der Waals surface area contributed by atoms with Crippen LogP contribution in [0.15, 0.2) is 54.7 Å². The van der Waals surface area contributed by atoms with E-state index in [1.807, 2.05) is 138 Å². The van der Waals surface area contributed by atoms with E-state index in [-0.39, 0.29) is 0 Å². The molecule has 0 fully saturated rings. The third kappa shape index (κ3) is 10.0. The first kappa shape index (κ1) is 49.0. The first-order chi connectivity index (χ1) is 29.3. The molecule has 0 aliphatic rings. The van der Waals surface area contributed by atoms with Crippen molar-refractivity contribution in [3.8, 4) is 22.4 Å². The highest BCUT2D eigenvalue weighted by Crippen LogP contribution is 2.40. The molecular formula is C49H69N9O6. The predicted octanol–water partition coefficient (Wildman–Crippen LogP) is 9.58. The third-order valence-electron chi connectivity index (χ3n) is 12.3. The zero-order valence-corrected chi connectivity index (χ0v) is 41.0. The van der Waals surface area contributed by atoms with Crippen LogP contribution in [-0.2, 0) is 19.1 Å². The number of pyridine rings is 1. The van der Waals surface area contributed by atoms with Crippen LogP contribution >= 0.6 is 0 Å².